The fourth-order valence-electron chi connectivity index (χ4n) is 2.89. The van der Waals surface area contributed by atoms with Crippen LogP contribution >= 0.6 is 0 Å². The summed E-state index contributed by atoms with van der Waals surface area (Å²) in [6, 6.07) is 14.1. The summed E-state index contributed by atoms with van der Waals surface area (Å²) < 4.78 is 6.70. The summed E-state index contributed by atoms with van der Waals surface area (Å²) in [5.74, 6) is -0.364. The molecule has 0 saturated heterocycles. The van der Waals surface area contributed by atoms with Crippen LogP contribution in [0.25, 0.3) is 5.69 Å². The number of hydrogen-bond donors (Lipinski definition) is 2. The Morgan fingerprint density at radius 3 is 2.73 bits per heavy atom. The van der Waals surface area contributed by atoms with Crippen molar-refractivity contribution in [2.24, 2.45) is 0 Å². The Labute approximate surface area is 173 Å². The largest absolute Gasteiger partial charge is 0.383 e. The maximum absolute atomic E-state index is 12.4. The zero-order valence-electron chi connectivity index (χ0n) is 16.6. The molecule has 0 atom stereocenters. The molecule has 0 bridgehead atoms. The topological polar surface area (TPSA) is 111 Å². The van der Waals surface area contributed by atoms with Crippen molar-refractivity contribution in [2.45, 2.75) is 6.42 Å². The van der Waals surface area contributed by atoms with E-state index in [0.29, 0.717) is 31.8 Å². The molecule has 0 aliphatic carbocycles. The van der Waals surface area contributed by atoms with Crippen LogP contribution in [0.1, 0.15) is 15.9 Å². The number of nitro benzene ring substituents is 1. The first kappa shape index (κ1) is 21.0. The van der Waals surface area contributed by atoms with Gasteiger partial charge in [-0.15, -0.1) is 0 Å². The van der Waals surface area contributed by atoms with Crippen LogP contribution in [0.2, 0.25) is 0 Å². The van der Waals surface area contributed by atoms with Crippen LogP contribution in [-0.4, -0.2) is 47.4 Å². The van der Waals surface area contributed by atoms with E-state index in [-0.39, 0.29) is 17.2 Å². The van der Waals surface area contributed by atoms with Crippen LogP contribution < -0.4 is 10.6 Å². The van der Waals surface area contributed by atoms with Gasteiger partial charge in [0, 0.05) is 38.0 Å². The van der Waals surface area contributed by atoms with E-state index in [1.54, 1.807) is 24.1 Å². The normalized spacial score (nSPS) is 10.6. The second kappa shape index (κ2) is 10.2. The van der Waals surface area contributed by atoms with Crippen molar-refractivity contribution in [1.82, 2.24) is 15.1 Å². The molecule has 0 aliphatic rings. The van der Waals surface area contributed by atoms with Crippen LogP contribution in [0.3, 0.4) is 0 Å². The van der Waals surface area contributed by atoms with Crippen molar-refractivity contribution in [2.75, 3.05) is 32.1 Å². The van der Waals surface area contributed by atoms with Gasteiger partial charge in [0.2, 0.25) is 0 Å². The zero-order valence-corrected chi connectivity index (χ0v) is 16.6. The van der Waals surface area contributed by atoms with E-state index < -0.39 is 4.92 Å². The van der Waals surface area contributed by atoms with Crippen molar-refractivity contribution in [3.63, 3.8) is 0 Å². The summed E-state index contributed by atoms with van der Waals surface area (Å²) in [7, 11) is 1.55. The Hall–Kier alpha value is -3.72. The zero-order chi connectivity index (χ0) is 21.3. The second-order valence-corrected chi connectivity index (χ2v) is 6.54. The lowest BCUT2D eigenvalue weighted by atomic mass is 10.1. The van der Waals surface area contributed by atoms with Crippen LogP contribution in [0, 0.1) is 10.1 Å². The molecule has 0 fully saturated rings. The van der Waals surface area contributed by atoms with E-state index >= 15 is 0 Å². The summed E-state index contributed by atoms with van der Waals surface area (Å²) in [5.41, 5.74) is 2.37. The number of nitrogens with one attached hydrogen (secondary N) is 2. The molecule has 0 aliphatic heterocycles. The summed E-state index contributed by atoms with van der Waals surface area (Å²) in [4.78, 5) is 23.2. The molecule has 156 valence electrons. The Balaban J connectivity index is 1.57. The van der Waals surface area contributed by atoms with Gasteiger partial charge in [0.05, 0.1) is 23.4 Å². The number of rotatable bonds is 10. The number of amides is 1. The lowest BCUT2D eigenvalue weighted by molar-refractivity contribution is -0.384. The number of methoxy groups -OCH3 is 1. The Bertz CT molecular complexity index is 1000. The molecule has 0 spiro atoms. The van der Waals surface area contributed by atoms with Crippen molar-refractivity contribution < 1.29 is 14.5 Å². The number of carbonyl (C=O) groups excluding carboxylic acids is 1. The predicted molar refractivity (Wildman–Crippen MR) is 113 cm³/mol. The minimum atomic E-state index is -0.510. The monoisotopic (exact) mass is 409 g/mol. The molecule has 0 unspecified atom stereocenters. The van der Waals surface area contributed by atoms with Crippen LogP contribution in [0.4, 0.5) is 11.4 Å². The molecule has 1 aromatic heterocycles. The molecule has 0 saturated carbocycles. The molecule has 3 aromatic rings. The van der Waals surface area contributed by atoms with Gasteiger partial charge in [-0.2, -0.15) is 5.10 Å². The van der Waals surface area contributed by atoms with E-state index in [4.69, 9.17) is 4.74 Å². The van der Waals surface area contributed by atoms with E-state index in [1.165, 1.54) is 12.1 Å². The molecule has 9 heteroatoms. The first-order valence-electron chi connectivity index (χ1n) is 9.47. The molecule has 1 heterocycles. The minimum Gasteiger partial charge on any atom is -0.383 e. The van der Waals surface area contributed by atoms with Gasteiger partial charge in [-0.1, -0.05) is 18.2 Å². The number of aromatic nitrogens is 2. The van der Waals surface area contributed by atoms with Gasteiger partial charge in [0.25, 0.3) is 11.6 Å². The Kier molecular flexibility index (Phi) is 7.12. The van der Waals surface area contributed by atoms with Gasteiger partial charge >= 0.3 is 0 Å². The second-order valence-electron chi connectivity index (χ2n) is 6.54. The first-order valence-corrected chi connectivity index (χ1v) is 9.47. The SMILES string of the molecule is COCCNc1ccc(C(=O)NCCc2cnn(-c3ccccc3)c2)cc1[N+](=O)[O-]. The fourth-order valence-corrected chi connectivity index (χ4v) is 2.89. The lowest BCUT2D eigenvalue weighted by Gasteiger charge is -2.09. The van der Waals surface area contributed by atoms with E-state index in [2.05, 4.69) is 15.7 Å². The summed E-state index contributed by atoms with van der Waals surface area (Å²) in [6.45, 7) is 1.24. The average Bonchev–Trinajstić information content (AvgIpc) is 3.23. The molecular weight excluding hydrogens is 386 g/mol. The standard InChI is InChI=1S/C21H23N5O4/c1-30-12-11-22-19-8-7-17(13-20(19)26(28)29)21(27)23-10-9-16-14-24-25(15-16)18-5-3-2-4-6-18/h2-8,13-15,22H,9-12H2,1H3,(H,23,27). The fraction of sp³-hybridized carbons (Fsp3) is 0.238. The lowest BCUT2D eigenvalue weighted by Crippen LogP contribution is -2.25. The van der Waals surface area contributed by atoms with Gasteiger partial charge in [0.1, 0.15) is 5.69 Å². The number of carbonyl (C=O) groups is 1. The number of ether oxygens (including phenoxy) is 1. The quantitative estimate of drug-likeness (QED) is 0.303. The molecular formula is C21H23N5O4. The molecule has 30 heavy (non-hydrogen) atoms. The average molecular weight is 409 g/mol. The molecule has 2 aromatic carbocycles. The van der Waals surface area contributed by atoms with E-state index in [9.17, 15) is 14.9 Å². The van der Waals surface area contributed by atoms with Gasteiger partial charge < -0.3 is 15.4 Å². The Morgan fingerprint density at radius 2 is 2.00 bits per heavy atom. The van der Waals surface area contributed by atoms with Crippen molar-refractivity contribution in [1.29, 1.82) is 0 Å². The van der Waals surface area contributed by atoms with Crippen molar-refractivity contribution in [3.8, 4) is 5.69 Å². The smallest absolute Gasteiger partial charge is 0.293 e. The third-order valence-electron chi connectivity index (χ3n) is 4.43. The van der Waals surface area contributed by atoms with Gasteiger partial charge in [-0.25, -0.2) is 4.68 Å². The number of para-hydroxylation sites is 1. The van der Waals surface area contributed by atoms with Crippen molar-refractivity contribution in [3.05, 3.63) is 82.2 Å². The predicted octanol–water partition coefficient (Wildman–Crippen LogP) is 2.81. The summed E-state index contributed by atoms with van der Waals surface area (Å²) in [5, 5.41) is 21.4. The third kappa shape index (κ3) is 5.42. The number of benzene rings is 2. The number of nitro groups is 1. The highest BCUT2D eigenvalue weighted by molar-refractivity contribution is 5.95. The number of hydrogen-bond acceptors (Lipinski definition) is 6. The highest BCUT2D eigenvalue weighted by atomic mass is 16.6. The molecule has 1 amide bonds. The van der Waals surface area contributed by atoms with Crippen LogP contribution in [-0.2, 0) is 11.2 Å². The molecule has 3 rings (SSSR count). The Morgan fingerprint density at radius 1 is 1.20 bits per heavy atom. The van der Waals surface area contributed by atoms with Crippen molar-refractivity contribution >= 4 is 17.3 Å². The number of anilines is 1. The van der Waals surface area contributed by atoms with E-state index in [1.807, 2.05) is 36.5 Å². The third-order valence-corrected chi connectivity index (χ3v) is 4.43. The highest BCUT2D eigenvalue weighted by Crippen LogP contribution is 2.25. The molecule has 2 N–H and O–H groups in total. The van der Waals surface area contributed by atoms with Crippen LogP contribution in [0.5, 0.6) is 0 Å². The van der Waals surface area contributed by atoms with Crippen LogP contribution in [0.15, 0.2) is 60.9 Å². The summed E-state index contributed by atoms with van der Waals surface area (Å²) >= 11 is 0. The molecule has 9 nitrogen and oxygen atoms in total. The maximum Gasteiger partial charge on any atom is 0.293 e. The summed E-state index contributed by atoms with van der Waals surface area (Å²) in [6.07, 6.45) is 4.26. The first-order chi connectivity index (χ1) is 14.6. The highest BCUT2D eigenvalue weighted by Gasteiger charge is 2.17. The van der Waals surface area contributed by atoms with E-state index in [0.717, 1.165) is 11.3 Å². The maximum atomic E-state index is 12.4. The van der Waals surface area contributed by atoms with Gasteiger partial charge in [-0.3, -0.25) is 14.9 Å². The minimum absolute atomic E-state index is 0.150. The van der Waals surface area contributed by atoms with Gasteiger partial charge in [0.15, 0.2) is 0 Å². The number of nitrogens with zero attached hydrogens (tertiary/aromatic N) is 3. The molecule has 0 radical (unpaired) electrons. The van der Waals surface area contributed by atoms with Gasteiger partial charge in [-0.05, 0) is 36.2 Å².